The zero-order valence-electron chi connectivity index (χ0n) is 14.3. The standard InChI is InChI=1S/C19H15N3O3S2/c1-3-14-7-9-17(10-8-14)27(24,25)22-16-6-4-5-15(11-16)18-12-26-19(21-18)20-13(2)23/h1,4-12,22H,2H3,(H,20,21,23). The van der Waals surface area contributed by atoms with Gasteiger partial charge in [-0.25, -0.2) is 13.4 Å². The minimum Gasteiger partial charge on any atom is -0.302 e. The number of carbonyl (C=O) groups is 1. The molecule has 2 aromatic carbocycles. The molecule has 3 aromatic rings. The van der Waals surface area contributed by atoms with E-state index in [-0.39, 0.29) is 10.8 Å². The molecule has 136 valence electrons. The zero-order chi connectivity index (χ0) is 19.4. The van der Waals surface area contributed by atoms with Crippen molar-refractivity contribution in [3.05, 3.63) is 59.5 Å². The first kappa shape index (κ1) is 18.6. The Balaban J connectivity index is 1.83. The SMILES string of the molecule is C#Cc1ccc(S(=O)(=O)Nc2cccc(-c3csc(NC(C)=O)n3)c2)cc1. The highest BCUT2D eigenvalue weighted by molar-refractivity contribution is 7.92. The van der Waals surface area contributed by atoms with E-state index in [0.717, 1.165) is 5.56 Å². The summed E-state index contributed by atoms with van der Waals surface area (Å²) >= 11 is 1.29. The Kier molecular flexibility index (Phi) is 5.26. The number of terminal acetylenes is 1. The van der Waals surface area contributed by atoms with E-state index >= 15 is 0 Å². The predicted octanol–water partition coefficient (Wildman–Crippen LogP) is 3.55. The summed E-state index contributed by atoms with van der Waals surface area (Å²) in [5, 5.41) is 4.89. The third kappa shape index (κ3) is 4.53. The van der Waals surface area contributed by atoms with Gasteiger partial charge in [-0.2, -0.15) is 0 Å². The zero-order valence-corrected chi connectivity index (χ0v) is 15.9. The van der Waals surface area contributed by atoms with E-state index in [1.165, 1.54) is 30.4 Å². The first-order valence-electron chi connectivity index (χ1n) is 7.80. The van der Waals surface area contributed by atoms with Gasteiger partial charge in [-0.15, -0.1) is 17.8 Å². The molecule has 1 amide bonds. The van der Waals surface area contributed by atoms with E-state index in [1.807, 2.05) is 6.07 Å². The number of nitrogens with zero attached hydrogens (tertiary/aromatic N) is 1. The molecule has 0 unspecified atom stereocenters. The van der Waals surface area contributed by atoms with Crippen molar-refractivity contribution >= 4 is 38.1 Å². The van der Waals surface area contributed by atoms with Crippen molar-refractivity contribution in [1.29, 1.82) is 0 Å². The second-order valence-corrected chi connectivity index (χ2v) is 8.11. The Hall–Kier alpha value is -3.15. The molecule has 0 radical (unpaired) electrons. The molecule has 8 heteroatoms. The summed E-state index contributed by atoms with van der Waals surface area (Å²) in [5.41, 5.74) is 2.38. The monoisotopic (exact) mass is 397 g/mol. The molecule has 0 atom stereocenters. The van der Waals surface area contributed by atoms with Crippen molar-refractivity contribution < 1.29 is 13.2 Å². The Morgan fingerprint density at radius 3 is 2.59 bits per heavy atom. The van der Waals surface area contributed by atoms with Crippen molar-refractivity contribution in [2.45, 2.75) is 11.8 Å². The lowest BCUT2D eigenvalue weighted by atomic mass is 10.1. The lowest BCUT2D eigenvalue weighted by Gasteiger charge is -2.09. The normalized spacial score (nSPS) is 10.8. The molecule has 0 spiro atoms. The minimum atomic E-state index is -3.74. The number of amides is 1. The van der Waals surface area contributed by atoms with Gasteiger partial charge in [0.2, 0.25) is 5.91 Å². The van der Waals surface area contributed by atoms with Gasteiger partial charge in [0.15, 0.2) is 5.13 Å². The molecule has 0 fully saturated rings. The largest absolute Gasteiger partial charge is 0.302 e. The molecule has 0 bridgehead atoms. The van der Waals surface area contributed by atoms with Crippen LogP contribution in [0.3, 0.4) is 0 Å². The Morgan fingerprint density at radius 1 is 1.19 bits per heavy atom. The van der Waals surface area contributed by atoms with Crippen LogP contribution in [0.2, 0.25) is 0 Å². The first-order valence-corrected chi connectivity index (χ1v) is 10.2. The lowest BCUT2D eigenvalue weighted by molar-refractivity contribution is -0.114. The maximum absolute atomic E-state index is 12.6. The third-order valence-corrected chi connectivity index (χ3v) is 5.68. The fourth-order valence-corrected chi connectivity index (χ4v) is 4.12. The average Bonchev–Trinajstić information content (AvgIpc) is 3.09. The molecule has 1 aromatic heterocycles. The van der Waals surface area contributed by atoms with Gasteiger partial charge < -0.3 is 5.32 Å². The van der Waals surface area contributed by atoms with Crippen LogP contribution in [0.25, 0.3) is 11.3 Å². The number of anilines is 2. The van der Waals surface area contributed by atoms with Crippen LogP contribution in [-0.2, 0) is 14.8 Å². The van der Waals surface area contributed by atoms with Crippen LogP contribution >= 0.6 is 11.3 Å². The van der Waals surface area contributed by atoms with Gasteiger partial charge in [0, 0.05) is 29.1 Å². The van der Waals surface area contributed by atoms with Crippen molar-refractivity contribution in [3.8, 4) is 23.6 Å². The Morgan fingerprint density at radius 2 is 1.93 bits per heavy atom. The second-order valence-electron chi connectivity index (χ2n) is 5.57. The number of sulfonamides is 1. The van der Waals surface area contributed by atoms with Gasteiger partial charge in [-0.1, -0.05) is 18.1 Å². The van der Waals surface area contributed by atoms with Gasteiger partial charge in [0.25, 0.3) is 10.0 Å². The number of nitrogens with one attached hydrogen (secondary N) is 2. The highest BCUT2D eigenvalue weighted by Crippen LogP contribution is 2.27. The highest BCUT2D eigenvalue weighted by atomic mass is 32.2. The Bertz CT molecular complexity index is 1130. The van der Waals surface area contributed by atoms with Crippen LogP contribution in [-0.4, -0.2) is 19.3 Å². The molecule has 0 saturated heterocycles. The smallest absolute Gasteiger partial charge is 0.261 e. The summed E-state index contributed by atoms with van der Waals surface area (Å²) in [6, 6.07) is 12.9. The third-order valence-electron chi connectivity index (χ3n) is 3.53. The van der Waals surface area contributed by atoms with Gasteiger partial charge >= 0.3 is 0 Å². The summed E-state index contributed by atoms with van der Waals surface area (Å²) in [6.07, 6.45) is 5.29. The highest BCUT2D eigenvalue weighted by Gasteiger charge is 2.15. The number of aromatic nitrogens is 1. The summed E-state index contributed by atoms with van der Waals surface area (Å²) in [4.78, 5) is 15.6. The minimum absolute atomic E-state index is 0.119. The van der Waals surface area contributed by atoms with Crippen molar-refractivity contribution in [2.24, 2.45) is 0 Å². The molecular formula is C19H15N3O3S2. The molecule has 3 rings (SSSR count). The second kappa shape index (κ2) is 7.61. The maximum Gasteiger partial charge on any atom is 0.261 e. The van der Waals surface area contributed by atoms with Crippen LogP contribution in [0.4, 0.5) is 10.8 Å². The van der Waals surface area contributed by atoms with Gasteiger partial charge in [-0.05, 0) is 36.4 Å². The molecule has 0 aliphatic carbocycles. The number of thiazole rings is 1. The van der Waals surface area contributed by atoms with Crippen LogP contribution < -0.4 is 10.0 Å². The molecule has 6 nitrogen and oxygen atoms in total. The number of rotatable bonds is 5. The van der Waals surface area contributed by atoms with Crippen molar-refractivity contribution in [3.63, 3.8) is 0 Å². The molecule has 1 heterocycles. The van der Waals surface area contributed by atoms with Crippen LogP contribution in [0.1, 0.15) is 12.5 Å². The summed E-state index contributed by atoms with van der Waals surface area (Å²) < 4.78 is 27.6. The topological polar surface area (TPSA) is 88.2 Å². The fourth-order valence-electron chi connectivity index (χ4n) is 2.30. The van der Waals surface area contributed by atoms with E-state index in [4.69, 9.17) is 6.42 Å². The summed E-state index contributed by atoms with van der Waals surface area (Å²) in [7, 11) is -3.74. The van der Waals surface area contributed by atoms with E-state index in [2.05, 4.69) is 20.9 Å². The van der Waals surface area contributed by atoms with E-state index in [9.17, 15) is 13.2 Å². The van der Waals surface area contributed by atoms with Crippen LogP contribution in [0.5, 0.6) is 0 Å². The van der Waals surface area contributed by atoms with Gasteiger partial charge in [0.05, 0.1) is 10.6 Å². The molecule has 0 aliphatic rings. The number of carbonyl (C=O) groups excluding carboxylic acids is 1. The molecule has 0 aliphatic heterocycles. The van der Waals surface area contributed by atoms with E-state index in [0.29, 0.717) is 22.1 Å². The maximum atomic E-state index is 12.6. The van der Waals surface area contributed by atoms with Crippen molar-refractivity contribution in [1.82, 2.24) is 4.98 Å². The summed E-state index contributed by atoms with van der Waals surface area (Å²) in [6.45, 7) is 1.41. The number of benzene rings is 2. The lowest BCUT2D eigenvalue weighted by Crippen LogP contribution is -2.12. The van der Waals surface area contributed by atoms with E-state index in [1.54, 1.807) is 35.7 Å². The first-order chi connectivity index (χ1) is 12.9. The molecule has 27 heavy (non-hydrogen) atoms. The van der Waals surface area contributed by atoms with Crippen molar-refractivity contribution in [2.75, 3.05) is 10.0 Å². The van der Waals surface area contributed by atoms with Gasteiger partial charge in [-0.3, -0.25) is 9.52 Å². The Labute approximate surface area is 161 Å². The predicted molar refractivity (Wildman–Crippen MR) is 107 cm³/mol. The molecular weight excluding hydrogens is 382 g/mol. The van der Waals surface area contributed by atoms with Gasteiger partial charge in [0.1, 0.15) is 0 Å². The average molecular weight is 397 g/mol. The van der Waals surface area contributed by atoms with E-state index < -0.39 is 10.0 Å². The van der Waals surface area contributed by atoms with Crippen LogP contribution in [0, 0.1) is 12.3 Å². The molecule has 2 N–H and O–H groups in total. The number of hydrogen-bond donors (Lipinski definition) is 2. The van der Waals surface area contributed by atoms with Crippen LogP contribution in [0.15, 0.2) is 58.8 Å². The summed E-state index contributed by atoms with van der Waals surface area (Å²) in [5.74, 6) is 2.25. The quantitative estimate of drug-likeness (QED) is 0.645. The number of hydrogen-bond acceptors (Lipinski definition) is 5. The molecule has 0 saturated carbocycles. The fraction of sp³-hybridized carbons (Fsp3) is 0.0526.